The summed E-state index contributed by atoms with van der Waals surface area (Å²) in [6.07, 6.45) is 0. The van der Waals surface area contributed by atoms with Gasteiger partial charge in [-0.15, -0.1) is 0 Å². The maximum Gasteiger partial charge on any atom is 0.343 e. The first kappa shape index (κ1) is 19.8. The lowest BCUT2D eigenvalue weighted by molar-refractivity contribution is -0.385. The molecule has 0 saturated heterocycles. The largest absolute Gasteiger partial charge is 0.423 e. The first-order valence-corrected chi connectivity index (χ1v) is 7.82. The third-order valence-electron chi connectivity index (χ3n) is 3.63. The number of nitrogens with zero attached hydrogens (tertiary/aromatic N) is 2. The lowest BCUT2D eigenvalue weighted by Gasteiger charge is -2.09. The molecule has 0 aliphatic heterocycles. The van der Waals surface area contributed by atoms with E-state index in [2.05, 4.69) is 5.32 Å². The number of anilines is 1. The van der Waals surface area contributed by atoms with Crippen molar-refractivity contribution >= 4 is 23.0 Å². The average molecular weight is 375 g/mol. The molecule has 10 heteroatoms. The van der Waals surface area contributed by atoms with Crippen LogP contribution in [0.15, 0.2) is 36.4 Å². The van der Waals surface area contributed by atoms with E-state index < -0.39 is 15.8 Å². The highest BCUT2D eigenvalue weighted by Gasteiger charge is 2.19. The van der Waals surface area contributed by atoms with Crippen molar-refractivity contribution in [3.63, 3.8) is 0 Å². The molecule has 1 N–H and O–H groups in total. The molecule has 0 bridgehead atoms. The van der Waals surface area contributed by atoms with Gasteiger partial charge >= 0.3 is 5.97 Å². The quantitative estimate of drug-likeness (QED) is 0.244. The topological polar surface area (TPSA) is 134 Å². The molecule has 0 saturated carbocycles. The second kappa shape index (κ2) is 8.72. The van der Waals surface area contributed by atoms with Crippen LogP contribution >= 0.6 is 0 Å². The van der Waals surface area contributed by atoms with Gasteiger partial charge in [0, 0.05) is 31.4 Å². The number of nitro groups is 2. The first-order valence-electron chi connectivity index (χ1n) is 7.82. The minimum absolute atomic E-state index is 0.0185. The summed E-state index contributed by atoms with van der Waals surface area (Å²) in [5.74, 6) is -0.706. The molecule has 0 atom stereocenters. The molecule has 0 fully saturated rings. The van der Waals surface area contributed by atoms with E-state index in [0.717, 1.165) is 6.07 Å². The standard InChI is InChI=1S/C17H17N3O7/c1-11-9-13(4-6-15(11)19(22)23)27-17(21)12-3-5-14(18-7-8-26-2)16(10-12)20(24)25/h3-6,9-10,18H,7-8H2,1-2H3. The Morgan fingerprint density at radius 1 is 1.07 bits per heavy atom. The summed E-state index contributed by atoms with van der Waals surface area (Å²) in [5.41, 5.74) is 0.182. The van der Waals surface area contributed by atoms with Crippen molar-refractivity contribution in [1.82, 2.24) is 0 Å². The Bertz CT molecular complexity index is 883. The van der Waals surface area contributed by atoms with Crippen molar-refractivity contribution in [2.24, 2.45) is 0 Å². The van der Waals surface area contributed by atoms with Crippen molar-refractivity contribution in [2.45, 2.75) is 6.92 Å². The van der Waals surface area contributed by atoms with Crippen LogP contribution in [0, 0.1) is 27.2 Å². The molecule has 0 aliphatic rings. The van der Waals surface area contributed by atoms with Crippen molar-refractivity contribution in [1.29, 1.82) is 0 Å². The van der Waals surface area contributed by atoms with E-state index in [1.54, 1.807) is 0 Å². The third kappa shape index (κ3) is 4.98. The molecule has 0 heterocycles. The van der Waals surface area contributed by atoms with E-state index in [9.17, 15) is 25.0 Å². The molecule has 0 aliphatic carbocycles. The number of carbonyl (C=O) groups is 1. The zero-order chi connectivity index (χ0) is 20.0. The van der Waals surface area contributed by atoms with Crippen LogP contribution in [0.4, 0.5) is 17.1 Å². The molecule has 2 aromatic rings. The van der Waals surface area contributed by atoms with Gasteiger partial charge in [-0.3, -0.25) is 20.2 Å². The average Bonchev–Trinajstić information content (AvgIpc) is 2.61. The fraction of sp³-hybridized carbons (Fsp3) is 0.235. The van der Waals surface area contributed by atoms with Gasteiger partial charge < -0.3 is 14.8 Å². The second-order valence-electron chi connectivity index (χ2n) is 5.50. The number of nitrogens with one attached hydrogen (secondary N) is 1. The van der Waals surface area contributed by atoms with Crippen LogP contribution in [0.5, 0.6) is 5.75 Å². The van der Waals surface area contributed by atoms with E-state index in [-0.39, 0.29) is 28.4 Å². The number of hydrogen-bond acceptors (Lipinski definition) is 8. The summed E-state index contributed by atoms with van der Waals surface area (Å²) in [4.78, 5) is 33.2. The summed E-state index contributed by atoms with van der Waals surface area (Å²) in [7, 11) is 1.51. The molecule has 2 rings (SSSR count). The number of benzene rings is 2. The van der Waals surface area contributed by atoms with Crippen LogP contribution in [-0.2, 0) is 4.74 Å². The predicted molar refractivity (Wildman–Crippen MR) is 96.3 cm³/mol. The number of esters is 1. The van der Waals surface area contributed by atoms with Crippen molar-refractivity contribution in [3.8, 4) is 5.75 Å². The van der Waals surface area contributed by atoms with Crippen LogP contribution in [0.3, 0.4) is 0 Å². The van der Waals surface area contributed by atoms with Gasteiger partial charge in [0.05, 0.1) is 22.0 Å². The van der Waals surface area contributed by atoms with Crippen LogP contribution in [0.25, 0.3) is 0 Å². The number of methoxy groups -OCH3 is 1. The van der Waals surface area contributed by atoms with E-state index >= 15 is 0 Å². The van der Waals surface area contributed by atoms with Crippen LogP contribution in [0.1, 0.15) is 15.9 Å². The van der Waals surface area contributed by atoms with Gasteiger partial charge in [0.2, 0.25) is 0 Å². The van der Waals surface area contributed by atoms with Gasteiger partial charge in [0.25, 0.3) is 11.4 Å². The molecular weight excluding hydrogens is 358 g/mol. The molecule has 27 heavy (non-hydrogen) atoms. The van der Waals surface area contributed by atoms with E-state index in [4.69, 9.17) is 9.47 Å². The minimum Gasteiger partial charge on any atom is -0.423 e. The third-order valence-corrected chi connectivity index (χ3v) is 3.63. The number of rotatable bonds is 8. The van der Waals surface area contributed by atoms with E-state index in [1.165, 1.54) is 44.4 Å². The highest BCUT2D eigenvalue weighted by Crippen LogP contribution is 2.27. The summed E-state index contributed by atoms with van der Waals surface area (Å²) >= 11 is 0. The zero-order valence-corrected chi connectivity index (χ0v) is 14.6. The second-order valence-corrected chi connectivity index (χ2v) is 5.50. The van der Waals surface area contributed by atoms with Gasteiger partial charge in [-0.05, 0) is 31.2 Å². The lowest BCUT2D eigenvalue weighted by Crippen LogP contribution is -2.12. The number of carbonyl (C=O) groups excluding carboxylic acids is 1. The summed E-state index contributed by atoms with van der Waals surface area (Å²) < 4.78 is 10.0. The predicted octanol–water partition coefficient (Wildman–Crippen LogP) is 3.09. The van der Waals surface area contributed by atoms with Gasteiger partial charge in [-0.2, -0.15) is 0 Å². The lowest BCUT2D eigenvalue weighted by atomic mass is 10.1. The number of hydrogen-bond donors (Lipinski definition) is 1. The van der Waals surface area contributed by atoms with Crippen LogP contribution < -0.4 is 10.1 Å². The molecule has 0 amide bonds. The molecule has 2 aromatic carbocycles. The van der Waals surface area contributed by atoms with Gasteiger partial charge in [0.1, 0.15) is 11.4 Å². The first-order chi connectivity index (χ1) is 12.8. The van der Waals surface area contributed by atoms with Crippen LogP contribution in [-0.4, -0.2) is 36.1 Å². The minimum atomic E-state index is -0.810. The molecule has 0 radical (unpaired) electrons. The molecule has 0 unspecified atom stereocenters. The number of aryl methyl sites for hydroxylation is 1. The molecule has 0 aromatic heterocycles. The summed E-state index contributed by atoms with van der Waals surface area (Å²) in [5, 5.41) is 24.9. The maximum atomic E-state index is 12.3. The Hall–Kier alpha value is -3.53. The highest BCUT2D eigenvalue weighted by molar-refractivity contribution is 5.93. The molecule has 0 spiro atoms. The Morgan fingerprint density at radius 3 is 2.37 bits per heavy atom. The Morgan fingerprint density at radius 2 is 1.78 bits per heavy atom. The van der Waals surface area contributed by atoms with E-state index in [0.29, 0.717) is 18.7 Å². The highest BCUT2D eigenvalue weighted by atomic mass is 16.6. The zero-order valence-electron chi connectivity index (χ0n) is 14.6. The fourth-order valence-corrected chi connectivity index (χ4v) is 2.31. The molecule has 10 nitrogen and oxygen atoms in total. The Labute approximate surface area is 154 Å². The number of nitro benzene ring substituents is 2. The number of ether oxygens (including phenoxy) is 2. The van der Waals surface area contributed by atoms with Crippen molar-refractivity contribution in [2.75, 3.05) is 25.6 Å². The van der Waals surface area contributed by atoms with Crippen LogP contribution in [0.2, 0.25) is 0 Å². The summed E-state index contributed by atoms with van der Waals surface area (Å²) in [6, 6.07) is 7.77. The Kier molecular flexibility index (Phi) is 6.39. The maximum absolute atomic E-state index is 12.3. The normalized spacial score (nSPS) is 10.3. The molecular formula is C17H17N3O7. The SMILES string of the molecule is COCCNc1ccc(C(=O)Oc2ccc([N+](=O)[O-])c(C)c2)cc1[N+](=O)[O-]. The van der Waals surface area contributed by atoms with Crippen molar-refractivity contribution < 1.29 is 24.1 Å². The summed E-state index contributed by atoms with van der Waals surface area (Å²) in [6.45, 7) is 2.24. The smallest absolute Gasteiger partial charge is 0.343 e. The van der Waals surface area contributed by atoms with Gasteiger partial charge in [-0.1, -0.05) is 0 Å². The molecule has 142 valence electrons. The van der Waals surface area contributed by atoms with Crippen molar-refractivity contribution in [3.05, 3.63) is 67.8 Å². The van der Waals surface area contributed by atoms with E-state index in [1.807, 2.05) is 0 Å². The fourth-order valence-electron chi connectivity index (χ4n) is 2.31. The van der Waals surface area contributed by atoms with Gasteiger partial charge in [0.15, 0.2) is 0 Å². The monoisotopic (exact) mass is 375 g/mol. The Balaban J connectivity index is 2.20. The van der Waals surface area contributed by atoms with Gasteiger partial charge in [-0.25, -0.2) is 4.79 Å².